The van der Waals surface area contributed by atoms with Crippen molar-refractivity contribution in [2.75, 3.05) is 7.05 Å². The fourth-order valence-corrected chi connectivity index (χ4v) is 5.33. The van der Waals surface area contributed by atoms with Crippen LogP contribution in [0.15, 0.2) is 29.2 Å². The van der Waals surface area contributed by atoms with E-state index in [2.05, 4.69) is 5.32 Å². The van der Waals surface area contributed by atoms with E-state index in [1.807, 2.05) is 56.1 Å². The summed E-state index contributed by atoms with van der Waals surface area (Å²) in [4.78, 5) is 27.8. The minimum absolute atomic E-state index is 0.0106. The topological polar surface area (TPSA) is 49.4 Å². The van der Waals surface area contributed by atoms with Crippen LogP contribution in [0, 0.1) is 5.92 Å². The van der Waals surface area contributed by atoms with Crippen LogP contribution in [0.1, 0.15) is 38.7 Å². The van der Waals surface area contributed by atoms with Crippen molar-refractivity contribution in [2.45, 2.75) is 50.4 Å². The van der Waals surface area contributed by atoms with Gasteiger partial charge in [-0.15, -0.1) is 11.8 Å². The maximum absolute atomic E-state index is 12.8. The van der Waals surface area contributed by atoms with Gasteiger partial charge in [-0.2, -0.15) is 0 Å². The average Bonchev–Trinajstić information content (AvgIpc) is 2.60. The van der Waals surface area contributed by atoms with Crippen LogP contribution in [-0.4, -0.2) is 41.1 Å². The number of carbonyl (C=O) groups is 2. The van der Waals surface area contributed by atoms with E-state index in [1.165, 1.54) is 0 Å². The first kappa shape index (κ1) is 19.3. The molecule has 1 aromatic carbocycles. The van der Waals surface area contributed by atoms with Gasteiger partial charge in [0.05, 0.1) is 4.91 Å². The van der Waals surface area contributed by atoms with E-state index < -0.39 is 0 Å². The molecular weight excluding hydrogens is 368 g/mol. The van der Waals surface area contributed by atoms with Gasteiger partial charge in [-0.1, -0.05) is 29.8 Å². The van der Waals surface area contributed by atoms with Crippen LogP contribution in [0.5, 0.6) is 0 Å². The fourth-order valence-electron chi connectivity index (χ4n) is 3.67. The van der Waals surface area contributed by atoms with Crippen molar-refractivity contribution in [3.8, 4) is 0 Å². The van der Waals surface area contributed by atoms with Crippen LogP contribution in [0.2, 0.25) is 5.02 Å². The van der Waals surface area contributed by atoms with Crippen LogP contribution < -0.4 is 5.32 Å². The zero-order valence-electron chi connectivity index (χ0n) is 15.4. The highest BCUT2D eigenvalue weighted by molar-refractivity contribution is 8.04. The van der Waals surface area contributed by atoms with Crippen molar-refractivity contribution in [3.63, 3.8) is 0 Å². The van der Waals surface area contributed by atoms with Gasteiger partial charge in [0, 0.05) is 35.3 Å². The summed E-state index contributed by atoms with van der Waals surface area (Å²) in [7, 11) is 1.85. The molecule has 26 heavy (non-hydrogen) atoms. The molecule has 140 valence electrons. The third-order valence-electron chi connectivity index (χ3n) is 5.06. The smallest absolute Gasteiger partial charge is 0.260 e. The van der Waals surface area contributed by atoms with Crippen molar-refractivity contribution in [2.24, 2.45) is 5.92 Å². The first-order valence-corrected chi connectivity index (χ1v) is 10.3. The molecule has 2 aliphatic rings. The minimum Gasteiger partial charge on any atom is -0.354 e. The summed E-state index contributed by atoms with van der Waals surface area (Å²) in [6.45, 7) is 3.95. The quantitative estimate of drug-likeness (QED) is 0.792. The predicted octanol–water partition coefficient (Wildman–Crippen LogP) is 3.95. The number of likely N-dealkylation sites (N-methyl/N-ethyl adjacent to an activating group) is 1. The van der Waals surface area contributed by atoms with Crippen molar-refractivity contribution in [3.05, 3.63) is 39.8 Å². The Bertz CT molecular complexity index is 734. The lowest BCUT2D eigenvalue weighted by Crippen LogP contribution is -2.52. The number of nitrogens with one attached hydrogen (secondary N) is 1. The second kappa shape index (κ2) is 8.05. The normalized spacial score (nSPS) is 27.6. The molecule has 1 N–H and O–H groups in total. The number of halogens is 1. The Hall–Kier alpha value is -1.46. The van der Waals surface area contributed by atoms with Crippen molar-refractivity contribution in [1.82, 2.24) is 10.2 Å². The molecular formula is C20H25ClN2O2S. The van der Waals surface area contributed by atoms with Crippen molar-refractivity contribution in [1.29, 1.82) is 0 Å². The molecule has 4 nitrogen and oxygen atoms in total. The largest absolute Gasteiger partial charge is 0.354 e. The number of hydrogen-bond donors (Lipinski definition) is 1. The Balaban J connectivity index is 1.75. The zero-order valence-corrected chi connectivity index (χ0v) is 16.9. The molecule has 3 atom stereocenters. The second-order valence-electron chi connectivity index (χ2n) is 7.34. The molecule has 1 aliphatic carbocycles. The molecule has 6 heteroatoms. The highest BCUT2D eigenvalue weighted by atomic mass is 35.5. The molecule has 0 spiro atoms. The number of rotatable bonds is 3. The Morgan fingerprint density at radius 1 is 1.35 bits per heavy atom. The molecule has 3 unspecified atom stereocenters. The summed E-state index contributed by atoms with van der Waals surface area (Å²) in [5, 5.41) is 3.98. The highest BCUT2D eigenvalue weighted by Crippen LogP contribution is 2.43. The summed E-state index contributed by atoms with van der Waals surface area (Å²) >= 11 is 7.88. The Kier molecular flexibility index (Phi) is 5.98. The number of amides is 2. The molecule has 1 aliphatic heterocycles. The standard InChI is InChI=1S/C20H25ClN2O2S/c1-12(2)22-19(24)14-8-9-17-16(10-14)23(3)20(25)18(26-17)11-13-6-4-5-7-15(13)21/h4-7,11-12,14,16-17H,8-10H2,1-3H3,(H,22,24)/b18-11-. The SMILES string of the molecule is CC(C)NC(=O)C1CCC2S/C(=C\c3ccccc3Cl)C(=O)N(C)C2C1. The van der Waals surface area contributed by atoms with E-state index in [1.54, 1.807) is 11.8 Å². The summed E-state index contributed by atoms with van der Waals surface area (Å²) in [5.41, 5.74) is 0.863. The van der Waals surface area contributed by atoms with E-state index in [0.717, 1.165) is 29.7 Å². The zero-order chi connectivity index (χ0) is 18.8. The summed E-state index contributed by atoms with van der Waals surface area (Å²) < 4.78 is 0. The highest BCUT2D eigenvalue weighted by Gasteiger charge is 2.42. The molecule has 1 aromatic rings. The minimum atomic E-state index is -0.0106. The molecule has 3 rings (SSSR count). The second-order valence-corrected chi connectivity index (χ2v) is 9.03. The number of carbonyl (C=O) groups excluding carboxylic acids is 2. The maximum Gasteiger partial charge on any atom is 0.260 e. The first-order valence-electron chi connectivity index (χ1n) is 9.07. The molecule has 2 amide bonds. The van der Waals surface area contributed by atoms with Crippen LogP contribution in [0.4, 0.5) is 0 Å². The van der Waals surface area contributed by atoms with Crippen LogP contribution in [-0.2, 0) is 9.59 Å². The molecule has 2 fully saturated rings. The molecule has 1 saturated carbocycles. The molecule has 1 saturated heterocycles. The van der Waals surface area contributed by atoms with E-state index in [-0.39, 0.29) is 29.8 Å². The van der Waals surface area contributed by atoms with Gasteiger partial charge >= 0.3 is 0 Å². The summed E-state index contributed by atoms with van der Waals surface area (Å²) in [6, 6.07) is 7.80. The van der Waals surface area contributed by atoms with Gasteiger partial charge in [-0.05, 0) is 50.8 Å². The summed E-state index contributed by atoms with van der Waals surface area (Å²) in [6.07, 6.45) is 4.43. The molecule has 0 bridgehead atoms. The number of fused-ring (bicyclic) bond motifs is 1. The number of benzene rings is 1. The maximum atomic E-state index is 12.8. The van der Waals surface area contributed by atoms with Crippen LogP contribution in [0.3, 0.4) is 0 Å². The van der Waals surface area contributed by atoms with Crippen molar-refractivity contribution < 1.29 is 9.59 Å². The van der Waals surface area contributed by atoms with E-state index in [4.69, 9.17) is 11.6 Å². The lowest BCUT2D eigenvalue weighted by molar-refractivity contribution is -0.132. The van der Waals surface area contributed by atoms with Gasteiger partial charge in [0.25, 0.3) is 5.91 Å². The predicted molar refractivity (Wildman–Crippen MR) is 108 cm³/mol. The Morgan fingerprint density at radius 2 is 2.08 bits per heavy atom. The van der Waals surface area contributed by atoms with Gasteiger partial charge in [-0.3, -0.25) is 9.59 Å². The molecule has 0 aromatic heterocycles. The monoisotopic (exact) mass is 392 g/mol. The van der Waals surface area contributed by atoms with Crippen molar-refractivity contribution >= 4 is 41.3 Å². The van der Waals surface area contributed by atoms with E-state index >= 15 is 0 Å². The van der Waals surface area contributed by atoms with Gasteiger partial charge in [0.2, 0.25) is 5.91 Å². The van der Waals surface area contributed by atoms with E-state index in [9.17, 15) is 9.59 Å². The van der Waals surface area contributed by atoms with E-state index in [0.29, 0.717) is 10.3 Å². The molecule has 0 radical (unpaired) electrons. The number of thioether (sulfide) groups is 1. The lowest BCUT2D eigenvalue weighted by atomic mass is 9.83. The van der Waals surface area contributed by atoms with Gasteiger partial charge < -0.3 is 10.2 Å². The van der Waals surface area contributed by atoms with Gasteiger partial charge in [-0.25, -0.2) is 0 Å². The molecule has 1 heterocycles. The lowest BCUT2D eigenvalue weighted by Gasteiger charge is -2.44. The third kappa shape index (κ3) is 4.09. The van der Waals surface area contributed by atoms with Crippen LogP contribution in [0.25, 0.3) is 6.08 Å². The Labute approximate surface area is 164 Å². The van der Waals surface area contributed by atoms with Gasteiger partial charge in [0.1, 0.15) is 0 Å². The Morgan fingerprint density at radius 3 is 2.77 bits per heavy atom. The number of hydrogen-bond acceptors (Lipinski definition) is 3. The average molecular weight is 393 g/mol. The first-order chi connectivity index (χ1) is 12.4. The number of nitrogens with zero attached hydrogens (tertiary/aromatic N) is 1. The van der Waals surface area contributed by atoms with Crippen LogP contribution >= 0.6 is 23.4 Å². The van der Waals surface area contributed by atoms with Gasteiger partial charge in [0.15, 0.2) is 0 Å². The fraction of sp³-hybridized carbons (Fsp3) is 0.500. The summed E-state index contributed by atoms with van der Waals surface area (Å²) in [5.74, 6) is 0.117. The third-order valence-corrected chi connectivity index (χ3v) is 6.80.